The van der Waals surface area contributed by atoms with Gasteiger partial charge in [-0.3, -0.25) is 4.79 Å². The Morgan fingerprint density at radius 3 is 2.95 bits per heavy atom. The van der Waals surface area contributed by atoms with Crippen LogP contribution in [0.3, 0.4) is 0 Å². The van der Waals surface area contributed by atoms with Crippen LogP contribution < -0.4 is 5.73 Å². The molecule has 0 aromatic carbocycles. The Balaban J connectivity index is 1.66. The van der Waals surface area contributed by atoms with Crippen LogP contribution in [-0.2, 0) is 0 Å². The Hall–Kier alpha value is -0.520. The Labute approximate surface area is 122 Å². The molecule has 0 bridgehead atoms. The van der Waals surface area contributed by atoms with Crippen molar-refractivity contribution in [2.24, 2.45) is 17.6 Å². The van der Waals surface area contributed by atoms with Crippen LogP contribution in [0.5, 0.6) is 0 Å². The van der Waals surface area contributed by atoms with Crippen LogP contribution in [0.4, 0.5) is 0 Å². The second kappa shape index (κ2) is 5.46. The molecule has 3 nitrogen and oxygen atoms in total. The molecule has 2 heterocycles. The first-order valence-electron chi connectivity index (χ1n) is 6.96. The molecule has 1 aliphatic carbocycles. The number of nitrogens with two attached hydrogens (primary N) is 1. The van der Waals surface area contributed by atoms with Crippen LogP contribution in [0.25, 0.3) is 0 Å². The molecule has 104 valence electrons. The maximum Gasteiger partial charge on any atom is 0.264 e. The van der Waals surface area contributed by atoms with E-state index in [4.69, 9.17) is 5.73 Å². The zero-order valence-corrected chi connectivity index (χ0v) is 12.8. The predicted molar refractivity (Wildman–Crippen MR) is 80.8 cm³/mol. The van der Waals surface area contributed by atoms with Gasteiger partial charge in [-0.1, -0.05) is 6.92 Å². The van der Waals surface area contributed by atoms with E-state index in [1.165, 1.54) is 17.1 Å². The molecule has 1 aromatic rings. The van der Waals surface area contributed by atoms with E-state index in [0.29, 0.717) is 5.92 Å². The maximum atomic E-state index is 12.5. The molecule has 0 radical (unpaired) electrons. The van der Waals surface area contributed by atoms with Crippen molar-refractivity contribution >= 4 is 29.0 Å². The molecule has 1 saturated heterocycles. The first-order chi connectivity index (χ1) is 9.19. The standard InChI is InChI=1S/C14H20N2OS2/c1-2-18-13-6-5-12(19-13)14(17)16-7-10(9-3-4-9)11(15)8-16/h5-6,9-11H,2-4,7-8,15H2,1H3/t10-,11+/m0/s1. The maximum absolute atomic E-state index is 12.5. The number of hydrogen-bond donors (Lipinski definition) is 1. The number of rotatable bonds is 4. The average Bonchev–Trinajstić information content (AvgIpc) is 3.00. The van der Waals surface area contributed by atoms with E-state index in [0.717, 1.165) is 29.6 Å². The summed E-state index contributed by atoms with van der Waals surface area (Å²) in [6, 6.07) is 4.20. The Bertz CT molecular complexity index is 470. The summed E-state index contributed by atoms with van der Waals surface area (Å²) in [6.07, 6.45) is 2.60. The number of thioether (sulfide) groups is 1. The Morgan fingerprint density at radius 1 is 1.47 bits per heavy atom. The number of thiophene rings is 1. The van der Waals surface area contributed by atoms with Crippen molar-refractivity contribution in [3.63, 3.8) is 0 Å². The van der Waals surface area contributed by atoms with Gasteiger partial charge in [0.1, 0.15) is 0 Å². The van der Waals surface area contributed by atoms with Gasteiger partial charge in [-0.05, 0) is 42.6 Å². The summed E-state index contributed by atoms with van der Waals surface area (Å²) in [6.45, 7) is 3.72. The number of hydrogen-bond acceptors (Lipinski definition) is 4. The minimum atomic E-state index is 0.173. The molecule has 2 fully saturated rings. The summed E-state index contributed by atoms with van der Waals surface area (Å²) in [4.78, 5) is 15.3. The summed E-state index contributed by atoms with van der Waals surface area (Å²) in [5, 5.41) is 0. The summed E-state index contributed by atoms with van der Waals surface area (Å²) < 4.78 is 1.23. The van der Waals surface area contributed by atoms with Crippen LogP contribution in [0.1, 0.15) is 29.4 Å². The molecule has 1 aromatic heterocycles. The lowest BCUT2D eigenvalue weighted by Crippen LogP contribution is -2.32. The van der Waals surface area contributed by atoms with E-state index >= 15 is 0 Å². The molecular formula is C14H20N2OS2. The van der Waals surface area contributed by atoms with E-state index in [1.54, 1.807) is 23.1 Å². The summed E-state index contributed by atoms with van der Waals surface area (Å²) in [5.41, 5.74) is 6.18. The fourth-order valence-electron chi connectivity index (χ4n) is 2.85. The van der Waals surface area contributed by atoms with Gasteiger partial charge in [0, 0.05) is 19.1 Å². The number of nitrogens with zero attached hydrogens (tertiary/aromatic N) is 1. The lowest BCUT2D eigenvalue weighted by Gasteiger charge is -2.14. The molecule has 2 N–H and O–H groups in total. The van der Waals surface area contributed by atoms with Gasteiger partial charge in [0.15, 0.2) is 0 Å². The van der Waals surface area contributed by atoms with Crippen LogP contribution in [0, 0.1) is 11.8 Å². The van der Waals surface area contributed by atoms with E-state index in [2.05, 4.69) is 13.0 Å². The van der Waals surface area contributed by atoms with Crippen LogP contribution in [-0.4, -0.2) is 35.7 Å². The van der Waals surface area contributed by atoms with Gasteiger partial charge in [-0.2, -0.15) is 0 Å². The SMILES string of the molecule is CCSc1ccc(C(=O)N2C[C@@H](N)[C@H](C3CC3)C2)s1. The van der Waals surface area contributed by atoms with Crippen molar-refractivity contribution in [2.45, 2.75) is 30.0 Å². The Morgan fingerprint density at radius 2 is 2.26 bits per heavy atom. The first kappa shape index (κ1) is 13.5. The molecule has 2 aliphatic rings. The fraction of sp³-hybridized carbons (Fsp3) is 0.643. The van der Waals surface area contributed by atoms with Crippen molar-refractivity contribution < 1.29 is 4.79 Å². The third-order valence-electron chi connectivity index (χ3n) is 4.01. The molecule has 3 rings (SSSR count). The van der Waals surface area contributed by atoms with E-state index in [1.807, 2.05) is 11.0 Å². The minimum Gasteiger partial charge on any atom is -0.336 e. The highest BCUT2D eigenvalue weighted by atomic mass is 32.2. The van der Waals surface area contributed by atoms with Crippen molar-refractivity contribution in [3.05, 3.63) is 17.0 Å². The minimum absolute atomic E-state index is 0.173. The van der Waals surface area contributed by atoms with Gasteiger partial charge in [0.2, 0.25) is 0 Å². The molecule has 1 aliphatic heterocycles. The smallest absolute Gasteiger partial charge is 0.264 e. The van der Waals surface area contributed by atoms with Crippen molar-refractivity contribution in [2.75, 3.05) is 18.8 Å². The number of amides is 1. The zero-order valence-electron chi connectivity index (χ0n) is 11.2. The van der Waals surface area contributed by atoms with E-state index in [9.17, 15) is 4.79 Å². The fourth-order valence-corrected chi connectivity index (χ4v) is 4.87. The summed E-state index contributed by atoms with van der Waals surface area (Å²) in [7, 11) is 0. The van der Waals surface area contributed by atoms with Crippen molar-refractivity contribution in [3.8, 4) is 0 Å². The number of carbonyl (C=O) groups excluding carboxylic acids is 1. The molecule has 2 atom stereocenters. The molecule has 0 unspecified atom stereocenters. The number of carbonyl (C=O) groups is 1. The second-order valence-electron chi connectivity index (χ2n) is 5.43. The second-order valence-corrected chi connectivity index (χ2v) is 8.08. The quantitative estimate of drug-likeness (QED) is 0.869. The van der Waals surface area contributed by atoms with Gasteiger partial charge >= 0.3 is 0 Å². The molecular weight excluding hydrogens is 276 g/mol. The normalized spacial score (nSPS) is 26.9. The lowest BCUT2D eigenvalue weighted by atomic mass is 9.99. The van der Waals surface area contributed by atoms with Gasteiger partial charge in [-0.15, -0.1) is 23.1 Å². The highest BCUT2D eigenvalue weighted by molar-refractivity contribution is 8.01. The molecule has 0 spiro atoms. The highest BCUT2D eigenvalue weighted by Gasteiger charge is 2.42. The van der Waals surface area contributed by atoms with Gasteiger partial charge in [0.25, 0.3) is 5.91 Å². The zero-order chi connectivity index (χ0) is 13.4. The van der Waals surface area contributed by atoms with Crippen molar-refractivity contribution in [1.29, 1.82) is 0 Å². The van der Waals surface area contributed by atoms with Gasteiger partial charge in [0.05, 0.1) is 9.09 Å². The van der Waals surface area contributed by atoms with Crippen molar-refractivity contribution in [1.82, 2.24) is 4.90 Å². The van der Waals surface area contributed by atoms with E-state index < -0.39 is 0 Å². The number of likely N-dealkylation sites (tertiary alicyclic amines) is 1. The topological polar surface area (TPSA) is 46.3 Å². The molecule has 19 heavy (non-hydrogen) atoms. The summed E-state index contributed by atoms with van der Waals surface area (Å²) >= 11 is 3.40. The van der Waals surface area contributed by atoms with Gasteiger partial charge < -0.3 is 10.6 Å². The van der Waals surface area contributed by atoms with Crippen LogP contribution in [0.2, 0.25) is 0 Å². The molecule has 1 amide bonds. The Kier molecular flexibility index (Phi) is 3.87. The van der Waals surface area contributed by atoms with E-state index in [-0.39, 0.29) is 11.9 Å². The van der Waals surface area contributed by atoms with Crippen LogP contribution >= 0.6 is 23.1 Å². The molecule has 1 saturated carbocycles. The largest absolute Gasteiger partial charge is 0.336 e. The lowest BCUT2D eigenvalue weighted by molar-refractivity contribution is 0.0789. The third-order valence-corrected chi connectivity index (χ3v) is 6.19. The van der Waals surface area contributed by atoms with Gasteiger partial charge in [-0.25, -0.2) is 0 Å². The first-order valence-corrected chi connectivity index (χ1v) is 8.76. The van der Waals surface area contributed by atoms with Crippen LogP contribution in [0.15, 0.2) is 16.3 Å². The average molecular weight is 296 g/mol. The predicted octanol–water partition coefficient (Wildman–Crippen LogP) is 2.67. The summed E-state index contributed by atoms with van der Waals surface area (Å²) in [5.74, 6) is 2.54. The highest BCUT2D eigenvalue weighted by Crippen LogP contribution is 2.41. The molecule has 5 heteroatoms. The monoisotopic (exact) mass is 296 g/mol. The third kappa shape index (κ3) is 2.83.